The maximum absolute atomic E-state index is 14.3. The van der Waals surface area contributed by atoms with Crippen molar-refractivity contribution in [3.8, 4) is 11.1 Å². The number of hydrogen-bond donors (Lipinski definition) is 0. The molecule has 0 heterocycles. The second-order valence-electron chi connectivity index (χ2n) is 4.61. The minimum Gasteiger partial charge on any atom is -0.206 e. The molecule has 100 valence electrons. The normalized spacial score (nSPS) is 11.1. The van der Waals surface area contributed by atoms with Crippen molar-refractivity contribution in [3.05, 3.63) is 58.4 Å². The highest BCUT2D eigenvalue weighted by molar-refractivity contribution is 6.33. The number of benzene rings is 2. The Balaban J connectivity index is 2.66. The minimum absolute atomic E-state index is 0.0102. The van der Waals surface area contributed by atoms with Gasteiger partial charge in [0.1, 0.15) is 5.82 Å². The fraction of sp³-hybridized carbons (Fsp3) is 0.200. The van der Waals surface area contributed by atoms with E-state index in [-0.39, 0.29) is 22.1 Å². The van der Waals surface area contributed by atoms with Gasteiger partial charge in [-0.2, -0.15) is 0 Å². The van der Waals surface area contributed by atoms with Gasteiger partial charge in [0, 0.05) is 11.1 Å². The average molecular weight is 285 g/mol. The van der Waals surface area contributed by atoms with Crippen LogP contribution < -0.4 is 0 Å². The first-order valence-electron chi connectivity index (χ1n) is 5.85. The van der Waals surface area contributed by atoms with Crippen molar-refractivity contribution >= 4 is 11.6 Å². The summed E-state index contributed by atoms with van der Waals surface area (Å²) >= 11 is 5.87. The van der Waals surface area contributed by atoms with Gasteiger partial charge in [0.25, 0.3) is 0 Å². The zero-order valence-electron chi connectivity index (χ0n) is 10.5. The van der Waals surface area contributed by atoms with Crippen molar-refractivity contribution < 1.29 is 13.2 Å². The first-order chi connectivity index (χ1) is 8.91. The Kier molecular flexibility index (Phi) is 3.85. The summed E-state index contributed by atoms with van der Waals surface area (Å²) in [6.07, 6.45) is 0. The van der Waals surface area contributed by atoms with Crippen LogP contribution in [0.3, 0.4) is 0 Å². The predicted molar refractivity (Wildman–Crippen MR) is 70.9 cm³/mol. The Hall–Kier alpha value is -1.48. The van der Waals surface area contributed by atoms with Gasteiger partial charge < -0.3 is 0 Å². The first-order valence-corrected chi connectivity index (χ1v) is 6.23. The van der Waals surface area contributed by atoms with Crippen molar-refractivity contribution in [3.63, 3.8) is 0 Å². The maximum atomic E-state index is 14.3. The lowest BCUT2D eigenvalue weighted by Gasteiger charge is -2.12. The molecule has 0 saturated heterocycles. The molecule has 2 aromatic carbocycles. The molecule has 0 aliphatic rings. The third-order valence-electron chi connectivity index (χ3n) is 2.95. The fourth-order valence-corrected chi connectivity index (χ4v) is 2.18. The highest BCUT2D eigenvalue weighted by Crippen LogP contribution is 2.34. The van der Waals surface area contributed by atoms with Gasteiger partial charge in [0.2, 0.25) is 0 Å². The molecular formula is C15H12ClF3. The molecule has 0 bridgehead atoms. The second-order valence-corrected chi connectivity index (χ2v) is 5.02. The maximum Gasteiger partial charge on any atom is 0.160 e. The quantitative estimate of drug-likeness (QED) is 0.634. The Morgan fingerprint density at radius 1 is 0.947 bits per heavy atom. The van der Waals surface area contributed by atoms with E-state index in [4.69, 9.17) is 11.6 Å². The fourth-order valence-electron chi connectivity index (χ4n) is 1.93. The van der Waals surface area contributed by atoms with E-state index in [1.165, 1.54) is 6.07 Å². The molecule has 0 radical (unpaired) electrons. The molecule has 0 N–H and O–H groups in total. The van der Waals surface area contributed by atoms with Crippen molar-refractivity contribution in [2.75, 3.05) is 0 Å². The standard InChI is InChI=1S/C15H12ClF3/c1-8(2)9-4-3-5-10(15(9)19)11-6-13(17)14(18)7-12(11)16/h3-8H,1-2H3. The van der Waals surface area contributed by atoms with Gasteiger partial charge in [0.15, 0.2) is 11.6 Å². The summed E-state index contributed by atoms with van der Waals surface area (Å²) < 4.78 is 40.7. The lowest BCUT2D eigenvalue weighted by Crippen LogP contribution is -1.97. The molecule has 0 spiro atoms. The van der Waals surface area contributed by atoms with Crippen LogP contribution in [0.2, 0.25) is 5.02 Å². The molecule has 0 aromatic heterocycles. The Morgan fingerprint density at radius 3 is 2.21 bits per heavy atom. The first kappa shape index (κ1) is 13.9. The predicted octanol–water partition coefficient (Wildman–Crippen LogP) is 5.55. The van der Waals surface area contributed by atoms with E-state index in [0.29, 0.717) is 5.56 Å². The molecule has 0 saturated carbocycles. The smallest absolute Gasteiger partial charge is 0.160 e. The van der Waals surface area contributed by atoms with Gasteiger partial charge in [-0.1, -0.05) is 43.6 Å². The molecule has 2 rings (SSSR count). The van der Waals surface area contributed by atoms with Crippen LogP contribution in [0.4, 0.5) is 13.2 Å². The summed E-state index contributed by atoms with van der Waals surface area (Å²) in [7, 11) is 0. The van der Waals surface area contributed by atoms with Gasteiger partial charge in [-0.25, -0.2) is 13.2 Å². The summed E-state index contributed by atoms with van der Waals surface area (Å²) in [5.41, 5.74) is 0.842. The van der Waals surface area contributed by atoms with Crippen LogP contribution in [0.25, 0.3) is 11.1 Å². The number of hydrogen-bond acceptors (Lipinski definition) is 0. The van der Waals surface area contributed by atoms with Crippen LogP contribution in [0.1, 0.15) is 25.3 Å². The van der Waals surface area contributed by atoms with Gasteiger partial charge in [-0.15, -0.1) is 0 Å². The van der Waals surface area contributed by atoms with E-state index in [1.807, 2.05) is 13.8 Å². The highest BCUT2D eigenvalue weighted by atomic mass is 35.5. The van der Waals surface area contributed by atoms with Crippen LogP contribution in [0, 0.1) is 17.5 Å². The molecule has 0 fully saturated rings. The van der Waals surface area contributed by atoms with Gasteiger partial charge in [-0.05, 0) is 23.6 Å². The molecule has 2 aromatic rings. The highest BCUT2D eigenvalue weighted by Gasteiger charge is 2.16. The van der Waals surface area contributed by atoms with E-state index in [0.717, 1.165) is 12.1 Å². The molecule has 0 aliphatic heterocycles. The van der Waals surface area contributed by atoms with Crippen molar-refractivity contribution in [1.82, 2.24) is 0 Å². The molecule has 0 aliphatic carbocycles. The minimum atomic E-state index is -1.05. The summed E-state index contributed by atoms with van der Waals surface area (Å²) in [5, 5.41) is -0.0151. The lowest BCUT2D eigenvalue weighted by atomic mass is 9.96. The third-order valence-corrected chi connectivity index (χ3v) is 3.26. The molecule has 4 heteroatoms. The Morgan fingerprint density at radius 2 is 1.58 bits per heavy atom. The van der Waals surface area contributed by atoms with E-state index in [2.05, 4.69) is 0 Å². The summed E-state index contributed by atoms with van der Waals surface area (Å²) in [6.45, 7) is 3.71. The number of rotatable bonds is 2. The molecule has 0 unspecified atom stereocenters. The van der Waals surface area contributed by atoms with Crippen LogP contribution >= 0.6 is 11.6 Å². The van der Waals surface area contributed by atoms with Crippen LogP contribution in [0.5, 0.6) is 0 Å². The molecule has 0 amide bonds. The zero-order chi connectivity index (χ0) is 14.2. The topological polar surface area (TPSA) is 0 Å². The lowest BCUT2D eigenvalue weighted by molar-refractivity contribution is 0.509. The van der Waals surface area contributed by atoms with Gasteiger partial charge in [0.05, 0.1) is 5.02 Å². The molecule has 19 heavy (non-hydrogen) atoms. The van der Waals surface area contributed by atoms with Crippen LogP contribution in [-0.2, 0) is 0 Å². The summed E-state index contributed by atoms with van der Waals surface area (Å²) in [6, 6.07) is 6.61. The molecule has 0 nitrogen and oxygen atoms in total. The van der Waals surface area contributed by atoms with E-state index in [1.54, 1.807) is 12.1 Å². The Bertz CT molecular complexity index is 621. The number of halogens is 4. The van der Waals surface area contributed by atoms with Crippen molar-refractivity contribution in [2.45, 2.75) is 19.8 Å². The zero-order valence-corrected chi connectivity index (χ0v) is 11.2. The Labute approximate surface area is 114 Å². The second kappa shape index (κ2) is 5.25. The van der Waals surface area contributed by atoms with E-state index < -0.39 is 17.5 Å². The largest absolute Gasteiger partial charge is 0.206 e. The summed E-state index contributed by atoms with van der Waals surface area (Å²) in [5.74, 6) is -2.56. The van der Waals surface area contributed by atoms with Gasteiger partial charge in [-0.3, -0.25) is 0 Å². The molecular weight excluding hydrogens is 273 g/mol. The SMILES string of the molecule is CC(C)c1cccc(-c2cc(F)c(F)cc2Cl)c1F. The average Bonchev–Trinajstić information content (AvgIpc) is 2.34. The van der Waals surface area contributed by atoms with E-state index >= 15 is 0 Å². The molecule has 0 atom stereocenters. The monoisotopic (exact) mass is 284 g/mol. The van der Waals surface area contributed by atoms with E-state index in [9.17, 15) is 13.2 Å². The van der Waals surface area contributed by atoms with Crippen LogP contribution in [-0.4, -0.2) is 0 Å². The summed E-state index contributed by atoms with van der Waals surface area (Å²) in [4.78, 5) is 0. The van der Waals surface area contributed by atoms with Crippen molar-refractivity contribution in [1.29, 1.82) is 0 Å². The van der Waals surface area contributed by atoms with Gasteiger partial charge >= 0.3 is 0 Å². The third kappa shape index (κ3) is 2.61. The van der Waals surface area contributed by atoms with Crippen molar-refractivity contribution in [2.24, 2.45) is 0 Å². The van der Waals surface area contributed by atoms with Crippen LogP contribution in [0.15, 0.2) is 30.3 Å².